The second kappa shape index (κ2) is 8.28. The molecule has 0 radical (unpaired) electrons. The number of halogens is 4. The number of alkyl halides is 3. The van der Waals surface area contributed by atoms with Gasteiger partial charge in [-0.15, -0.1) is 0 Å². The van der Waals surface area contributed by atoms with E-state index in [1.54, 1.807) is 6.92 Å². The lowest BCUT2D eigenvalue weighted by Crippen LogP contribution is -2.60. The van der Waals surface area contributed by atoms with Gasteiger partial charge in [0.25, 0.3) is 0 Å². The van der Waals surface area contributed by atoms with Crippen LogP contribution in [-0.2, 0) is 10.3 Å². The van der Waals surface area contributed by atoms with Gasteiger partial charge in [-0.3, -0.25) is 10.3 Å². The van der Waals surface area contributed by atoms with Gasteiger partial charge in [0.05, 0.1) is 12.2 Å². The number of anilines is 1. The average molecular weight is 466 g/mol. The van der Waals surface area contributed by atoms with Gasteiger partial charge in [-0.2, -0.15) is 18.4 Å². The molecule has 0 saturated carbocycles. The van der Waals surface area contributed by atoms with Crippen LogP contribution >= 0.6 is 0 Å². The highest BCUT2D eigenvalue weighted by Gasteiger charge is 2.59. The summed E-state index contributed by atoms with van der Waals surface area (Å²) in [5, 5.41) is 11.1. The molecular weight excluding hydrogens is 448 g/mol. The molecule has 1 amide bonds. The summed E-state index contributed by atoms with van der Waals surface area (Å²) in [5.74, 6) is -2.01. The van der Waals surface area contributed by atoms with Gasteiger partial charge in [0.15, 0.2) is 0 Å². The van der Waals surface area contributed by atoms with E-state index in [1.165, 1.54) is 19.2 Å². The Balaban J connectivity index is 1.84. The van der Waals surface area contributed by atoms with Crippen LogP contribution in [0.3, 0.4) is 0 Å². The molecule has 3 N–H and O–H groups in total. The second-order valence-electron chi connectivity index (χ2n) is 7.59. The van der Waals surface area contributed by atoms with Crippen molar-refractivity contribution in [2.75, 3.05) is 11.9 Å². The number of hydrogen-bond donors (Lipinski definition) is 2. The molecule has 174 valence electrons. The van der Waals surface area contributed by atoms with Crippen molar-refractivity contribution >= 4 is 17.7 Å². The van der Waals surface area contributed by atoms with E-state index in [0.717, 1.165) is 19.1 Å². The lowest BCUT2D eigenvalue weighted by molar-refractivity contribution is -0.249. The average Bonchev–Trinajstić information content (AvgIpc) is 2.73. The van der Waals surface area contributed by atoms with Gasteiger partial charge in [-0.1, -0.05) is 0 Å². The first-order valence-corrected chi connectivity index (χ1v) is 9.38. The van der Waals surface area contributed by atoms with Gasteiger partial charge >= 0.3 is 12.3 Å². The normalized spacial score (nSPS) is 22.8. The fourth-order valence-corrected chi connectivity index (χ4v) is 2.95. The molecule has 0 spiro atoms. The molecule has 3 heterocycles. The van der Waals surface area contributed by atoms with E-state index < -0.39 is 41.7 Å². The Hall–Kier alpha value is -3.79. The predicted octanol–water partition coefficient (Wildman–Crippen LogP) is 3.33. The van der Waals surface area contributed by atoms with Gasteiger partial charge in [0.2, 0.25) is 11.5 Å². The quantitative estimate of drug-likeness (QED) is 0.663. The lowest BCUT2D eigenvalue weighted by atomic mass is 9.93. The number of carbonyl (C=O) groups is 1. The Labute approximate surface area is 185 Å². The van der Waals surface area contributed by atoms with Crippen LogP contribution in [0.2, 0.25) is 0 Å². The van der Waals surface area contributed by atoms with Gasteiger partial charge in [0.1, 0.15) is 34.8 Å². The first-order valence-electron chi connectivity index (χ1n) is 9.38. The fraction of sp³-hybridized carbons (Fsp3) is 0.350. The maximum Gasteiger partial charge on any atom is 0.424 e. The number of amides is 1. The monoisotopic (exact) mass is 466 g/mol. The Morgan fingerprint density at radius 2 is 2.06 bits per heavy atom. The second-order valence-corrected chi connectivity index (χ2v) is 7.59. The maximum absolute atomic E-state index is 14.5. The van der Waals surface area contributed by atoms with Crippen molar-refractivity contribution in [2.24, 2.45) is 10.7 Å². The van der Waals surface area contributed by atoms with E-state index in [-0.39, 0.29) is 23.0 Å². The van der Waals surface area contributed by atoms with Crippen LogP contribution < -0.4 is 15.8 Å². The van der Waals surface area contributed by atoms with Crippen molar-refractivity contribution in [2.45, 2.75) is 38.1 Å². The van der Waals surface area contributed by atoms with E-state index in [1.807, 2.05) is 6.07 Å². The zero-order chi connectivity index (χ0) is 24.6. The van der Waals surface area contributed by atoms with Crippen molar-refractivity contribution in [3.05, 3.63) is 47.0 Å². The van der Waals surface area contributed by atoms with E-state index >= 15 is 0 Å². The van der Waals surface area contributed by atoms with Crippen molar-refractivity contribution in [3.8, 4) is 11.9 Å². The molecule has 1 aliphatic rings. The molecule has 1 aliphatic heterocycles. The number of pyridine rings is 2. The van der Waals surface area contributed by atoms with E-state index in [4.69, 9.17) is 20.5 Å². The number of aromatic nitrogens is 2. The summed E-state index contributed by atoms with van der Waals surface area (Å²) in [4.78, 5) is 23.9. The van der Waals surface area contributed by atoms with Crippen molar-refractivity contribution in [1.29, 1.82) is 5.26 Å². The number of nitrogens with zero attached hydrogens (tertiary/aromatic N) is 4. The molecule has 0 fully saturated rings. The summed E-state index contributed by atoms with van der Waals surface area (Å²) in [6.07, 6.45) is -4.64. The number of nitriles is 1. The summed E-state index contributed by atoms with van der Waals surface area (Å²) < 4.78 is 64.5. The third kappa shape index (κ3) is 4.56. The molecular formula is C20H18F4N6O3. The van der Waals surface area contributed by atoms with Crippen molar-refractivity contribution < 1.29 is 31.8 Å². The predicted molar refractivity (Wildman–Crippen MR) is 107 cm³/mol. The van der Waals surface area contributed by atoms with E-state index in [2.05, 4.69) is 20.3 Å². The Morgan fingerprint density at radius 3 is 2.64 bits per heavy atom. The van der Waals surface area contributed by atoms with Crippen LogP contribution in [-0.4, -0.2) is 40.3 Å². The summed E-state index contributed by atoms with van der Waals surface area (Å²) in [6.45, 7) is 2.93. The molecule has 3 rings (SSSR count). The number of aryl methyl sites for hydroxylation is 1. The molecule has 9 nitrogen and oxygen atoms in total. The molecule has 33 heavy (non-hydrogen) atoms. The van der Waals surface area contributed by atoms with Crippen LogP contribution in [0.25, 0.3) is 0 Å². The van der Waals surface area contributed by atoms with Crippen LogP contribution in [0.5, 0.6) is 5.88 Å². The largest absolute Gasteiger partial charge is 0.424 e. The van der Waals surface area contributed by atoms with Crippen LogP contribution in [0, 0.1) is 24.1 Å². The molecule has 2 aromatic rings. The number of amidine groups is 1. The molecule has 0 bridgehead atoms. The van der Waals surface area contributed by atoms with Crippen molar-refractivity contribution in [3.63, 3.8) is 0 Å². The van der Waals surface area contributed by atoms with Crippen LogP contribution in [0.1, 0.15) is 30.7 Å². The molecule has 0 saturated heterocycles. The topological polar surface area (TPSA) is 136 Å². The number of rotatable bonds is 3. The lowest BCUT2D eigenvalue weighted by Gasteiger charge is -2.40. The molecule has 13 heteroatoms. The Bertz CT molecular complexity index is 1180. The SMILES string of the molecule is Cc1cc(C#N)cnc1OC(=O)Nc1ccc(F)c(C2(C)COC(C)(C(F)(F)F)C(N)=N2)n1. The number of aliphatic imine (C=N–C) groups is 1. The number of hydrogen-bond acceptors (Lipinski definition) is 8. The van der Waals surface area contributed by atoms with Gasteiger partial charge in [-0.05, 0) is 39.0 Å². The molecule has 2 unspecified atom stereocenters. The molecule has 0 aliphatic carbocycles. The highest BCUT2D eigenvalue weighted by molar-refractivity contribution is 5.90. The highest BCUT2D eigenvalue weighted by Crippen LogP contribution is 2.41. The summed E-state index contributed by atoms with van der Waals surface area (Å²) in [7, 11) is 0. The van der Waals surface area contributed by atoms with E-state index in [9.17, 15) is 22.4 Å². The third-order valence-corrected chi connectivity index (χ3v) is 4.97. The summed E-state index contributed by atoms with van der Waals surface area (Å²) >= 11 is 0. The standard InChI is InChI=1S/C20H18F4N6O3/c1-10-6-11(7-25)8-27-15(10)33-17(31)29-13-5-4-12(21)14(28-13)18(2)9-32-19(3,16(26)30-18)20(22,23)24/h4-6,8H,9H2,1-3H3,(H2,26,30)(H,28,29,31). The fourth-order valence-electron chi connectivity index (χ4n) is 2.95. The summed E-state index contributed by atoms with van der Waals surface area (Å²) in [5.41, 5.74) is 1.33. The van der Waals surface area contributed by atoms with Gasteiger partial charge in [-0.25, -0.2) is 19.2 Å². The van der Waals surface area contributed by atoms with Gasteiger partial charge < -0.3 is 15.2 Å². The number of carbonyl (C=O) groups excluding carboxylic acids is 1. The number of nitrogens with two attached hydrogens (primary N) is 1. The minimum absolute atomic E-state index is 0.0645. The van der Waals surface area contributed by atoms with Crippen molar-refractivity contribution in [1.82, 2.24) is 9.97 Å². The number of ether oxygens (including phenoxy) is 2. The minimum Gasteiger partial charge on any atom is -0.391 e. The third-order valence-electron chi connectivity index (χ3n) is 4.97. The zero-order valence-electron chi connectivity index (χ0n) is 17.6. The number of nitrogens with one attached hydrogen (secondary N) is 1. The van der Waals surface area contributed by atoms with E-state index in [0.29, 0.717) is 5.56 Å². The smallest absolute Gasteiger partial charge is 0.391 e. The highest BCUT2D eigenvalue weighted by atomic mass is 19.4. The first-order chi connectivity index (χ1) is 15.3. The molecule has 0 aromatic carbocycles. The van der Waals surface area contributed by atoms with Crippen LogP contribution in [0.15, 0.2) is 29.4 Å². The molecule has 2 atom stereocenters. The summed E-state index contributed by atoms with van der Waals surface area (Å²) in [6, 6.07) is 5.44. The zero-order valence-corrected chi connectivity index (χ0v) is 17.6. The van der Waals surface area contributed by atoms with Crippen LogP contribution in [0.4, 0.5) is 28.2 Å². The first kappa shape index (κ1) is 23.9. The maximum atomic E-state index is 14.5. The van der Waals surface area contributed by atoms with Gasteiger partial charge in [0, 0.05) is 11.8 Å². The minimum atomic E-state index is -4.83. The molecule has 2 aromatic heterocycles. The Kier molecular flexibility index (Phi) is 5.99. The Morgan fingerprint density at radius 1 is 1.36 bits per heavy atom.